The first-order valence-electron chi connectivity index (χ1n) is 44.6. The van der Waals surface area contributed by atoms with Gasteiger partial charge in [-0.25, -0.2) is 9.48 Å². The lowest BCUT2D eigenvalue weighted by Crippen LogP contribution is -2.47. The minimum Gasteiger partial charge on any atom is -0.481 e. The van der Waals surface area contributed by atoms with Gasteiger partial charge in [0.05, 0.1) is 328 Å². The first-order valence-corrected chi connectivity index (χ1v) is 44.6. The number of allylic oxidation sites excluding steroid dienone is 1. The molecule has 702 valence electrons. The Balaban J connectivity index is 0.900. The van der Waals surface area contributed by atoms with Crippen LogP contribution in [0.1, 0.15) is 146 Å². The van der Waals surface area contributed by atoms with Gasteiger partial charge in [0, 0.05) is 20.0 Å². The summed E-state index contributed by atoms with van der Waals surface area (Å²) in [5.41, 5.74) is 0.812. The Morgan fingerprint density at radius 1 is 0.383 bits per heavy atom. The molecule has 1 heterocycles. The lowest BCUT2D eigenvalue weighted by Gasteiger charge is -2.28. The van der Waals surface area contributed by atoms with Crippen LogP contribution in [-0.4, -0.2) is 373 Å². The highest BCUT2D eigenvalue weighted by atomic mass is 16.6. The van der Waals surface area contributed by atoms with Gasteiger partial charge < -0.3 is 135 Å². The summed E-state index contributed by atoms with van der Waals surface area (Å²) in [6.07, 6.45) is 21.7. The number of aromatic nitrogens is 3. The number of carbonyl (C=O) groups is 4. The number of nitrogens with one attached hydrogen (secondary N) is 2. The third kappa shape index (κ3) is 65.3. The molecule has 2 aliphatic carbocycles. The molecule has 1 fully saturated rings. The number of unbranched alkanes of at least 4 members (excludes halogenated alkanes) is 14. The van der Waals surface area contributed by atoms with E-state index in [9.17, 15) is 24.3 Å². The van der Waals surface area contributed by atoms with E-state index in [-0.39, 0.29) is 25.7 Å². The fraction of sp³-hybridized carbons (Fsp3) is 0.906. The summed E-state index contributed by atoms with van der Waals surface area (Å²) >= 11 is 0. The van der Waals surface area contributed by atoms with Gasteiger partial charge >= 0.3 is 18.0 Å². The van der Waals surface area contributed by atoms with Crippen molar-refractivity contribution in [3.8, 4) is 0 Å². The van der Waals surface area contributed by atoms with E-state index < -0.39 is 23.3 Å². The van der Waals surface area contributed by atoms with E-state index in [0.717, 1.165) is 108 Å². The summed E-state index contributed by atoms with van der Waals surface area (Å²) in [4.78, 5) is 48.6. The van der Waals surface area contributed by atoms with Crippen LogP contribution in [0.2, 0.25) is 0 Å². The van der Waals surface area contributed by atoms with Crippen LogP contribution in [0, 0.1) is 23.2 Å². The largest absolute Gasteiger partial charge is 0.481 e. The second-order valence-electron chi connectivity index (χ2n) is 28.9. The van der Waals surface area contributed by atoms with E-state index >= 15 is 0 Å². The van der Waals surface area contributed by atoms with Crippen molar-refractivity contribution in [1.29, 1.82) is 0 Å². The average Bonchev–Trinajstić information content (AvgIpc) is 1.61. The van der Waals surface area contributed by atoms with Crippen molar-refractivity contribution in [3.63, 3.8) is 0 Å². The Labute approximate surface area is 715 Å². The van der Waals surface area contributed by atoms with Gasteiger partial charge in [-0.2, -0.15) is 0 Å². The van der Waals surface area contributed by atoms with Crippen molar-refractivity contribution < 1.29 is 143 Å². The molecule has 120 heavy (non-hydrogen) atoms. The zero-order chi connectivity index (χ0) is 85.7. The molecule has 1 aromatic heterocycles. The Morgan fingerprint density at radius 2 is 0.658 bits per heavy atom. The van der Waals surface area contributed by atoms with Crippen LogP contribution in [0.3, 0.4) is 0 Å². The number of fused-ring (bicyclic) bond motifs is 2. The highest BCUT2D eigenvalue weighted by Crippen LogP contribution is 2.53. The summed E-state index contributed by atoms with van der Waals surface area (Å²) in [6, 6.07) is 0. The molecule has 35 heteroatoms. The molecule has 2 amide bonds. The number of carboxylic acid groups (broad SMARTS) is 2. The molecule has 3 rings (SSSR count). The maximum Gasteiger partial charge on any atom is 0.406 e. The summed E-state index contributed by atoms with van der Waals surface area (Å²) in [7, 11) is 1.58. The number of ether oxygens (including phenoxy) is 24. The molecule has 35 nitrogen and oxygen atoms in total. The molecule has 0 spiro atoms. The van der Waals surface area contributed by atoms with E-state index in [4.69, 9.17) is 119 Å². The number of carbonyl (C=O) groups excluding carboxylic acids is 2. The molecule has 1 saturated carbocycles. The molecule has 0 saturated heterocycles. The van der Waals surface area contributed by atoms with Crippen molar-refractivity contribution in [2.24, 2.45) is 23.2 Å². The number of amides is 2. The van der Waals surface area contributed by atoms with Crippen LogP contribution in [0.5, 0.6) is 0 Å². The summed E-state index contributed by atoms with van der Waals surface area (Å²) in [5.74, 6) is -0.619. The highest BCUT2D eigenvalue weighted by Gasteiger charge is 2.50. The molecule has 2 aliphatic rings. The predicted octanol–water partition coefficient (Wildman–Crippen LogP) is 7.63. The lowest BCUT2D eigenvalue weighted by atomic mass is 9.76. The summed E-state index contributed by atoms with van der Waals surface area (Å²) in [5, 5.41) is 33.5. The summed E-state index contributed by atoms with van der Waals surface area (Å²) < 4.78 is 136. The van der Waals surface area contributed by atoms with Crippen molar-refractivity contribution in [3.05, 3.63) is 24.0 Å². The second kappa shape index (κ2) is 84.1. The Morgan fingerprint density at radius 3 is 0.950 bits per heavy atom. The molecule has 0 radical (unpaired) electrons. The molecule has 1 unspecified atom stereocenters. The number of rotatable bonds is 97. The number of carboxylic acids is 2. The molecule has 0 aromatic carbocycles. The molecule has 0 aliphatic heterocycles. The van der Waals surface area contributed by atoms with Gasteiger partial charge in [-0.1, -0.05) is 94.8 Å². The van der Waals surface area contributed by atoms with Gasteiger partial charge in [-0.3, -0.25) is 14.4 Å². The zero-order valence-electron chi connectivity index (χ0n) is 73.1. The van der Waals surface area contributed by atoms with Gasteiger partial charge in [0.2, 0.25) is 5.91 Å². The maximum absolute atomic E-state index is 13.6. The quantitative estimate of drug-likeness (QED) is 0.0276. The van der Waals surface area contributed by atoms with Crippen molar-refractivity contribution in [2.75, 3.05) is 324 Å². The van der Waals surface area contributed by atoms with Crippen molar-refractivity contribution >= 4 is 23.9 Å². The Bertz CT molecular complexity index is 2470. The normalized spacial score (nSPS) is 15.0. The monoisotopic (exact) mass is 1730 g/mol. The van der Waals surface area contributed by atoms with E-state index in [1.165, 1.54) is 12.1 Å². The minimum absolute atomic E-state index is 0.206. The van der Waals surface area contributed by atoms with E-state index in [1.807, 2.05) is 10.8 Å². The summed E-state index contributed by atoms with van der Waals surface area (Å²) in [6.45, 7) is 26.1. The van der Waals surface area contributed by atoms with Gasteiger partial charge in [-0.05, 0) is 75.5 Å². The van der Waals surface area contributed by atoms with Crippen molar-refractivity contribution in [1.82, 2.24) is 25.6 Å². The number of hydrogen-bond acceptors (Lipinski definition) is 30. The topological polar surface area (TPSA) is 385 Å². The Hall–Kier alpha value is -4.36. The maximum atomic E-state index is 13.6. The van der Waals surface area contributed by atoms with Crippen LogP contribution < -0.4 is 10.6 Å². The molecule has 0 bridgehead atoms. The number of hydrogen-bond donors (Lipinski definition) is 4. The third-order valence-electron chi connectivity index (χ3n) is 19.7. The fourth-order valence-corrected chi connectivity index (χ4v) is 13.0. The number of alkyl carbamates (subject to hydrolysis) is 1. The number of aliphatic carboxylic acids is 2. The smallest absolute Gasteiger partial charge is 0.406 e. The molecule has 4 atom stereocenters. The molecular weight excluding hydrogens is 1570 g/mol. The average molecular weight is 1730 g/mol. The van der Waals surface area contributed by atoms with E-state index in [2.05, 4.69) is 27.5 Å². The van der Waals surface area contributed by atoms with Gasteiger partial charge in [0.1, 0.15) is 5.41 Å². The van der Waals surface area contributed by atoms with Crippen molar-refractivity contribution in [2.45, 2.75) is 154 Å². The number of nitrogens with zero attached hydrogens (tertiary/aromatic N) is 3. The van der Waals surface area contributed by atoms with Crippen LogP contribution >= 0.6 is 0 Å². The first-order chi connectivity index (χ1) is 59.2. The van der Waals surface area contributed by atoms with Crippen LogP contribution in [0.4, 0.5) is 4.79 Å². The lowest BCUT2D eigenvalue weighted by molar-refractivity contribution is -0.157. The van der Waals surface area contributed by atoms with Gasteiger partial charge in [0.15, 0.2) is 0 Å². The van der Waals surface area contributed by atoms with Gasteiger partial charge in [0.25, 0.3) is 0 Å². The standard InChI is InChI=1S/C85H157N5O30/c1-3-4-5-6-7-9-12-15-18-25-85(83(94)95,26-19-16-13-10-8-11-14-17-20-81(91)92)82(93)87-27-29-97-31-33-99-35-37-101-39-41-103-43-45-105-47-49-107-51-53-109-55-57-111-59-61-113-63-65-115-67-69-117-71-73-119-74-72-118-70-68-116-66-64-114-62-60-112-58-56-110-54-52-108-50-48-106-46-44-104-42-40-102-38-36-100-34-32-98-30-28-90-80-24-22-77-76(21-23-79(80)88-89-90)78(77)75-120-84(96)86-2/h3,76-78H,1,4-75H2,2H3,(H,86,96)(H,87,93)(H,91,92)(H,94,95)/t76-,77+,78-,85?/m1/s1. The zero-order valence-corrected chi connectivity index (χ0v) is 73.1. The first kappa shape index (κ1) is 110. The highest BCUT2D eigenvalue weighted by molar-refractivity contribution is 6.01. The fourth-order valence-electron chi connectivity index (χ4n) is 13.0. The van der Waals surface area contributed by atoms with Gasteiger partial charge in [-0.15, -0.1) is 11.7 Å². The van der Waals surface area contributed by atoms with E-state index in [1.54, 1.807) is 7.05 Å². The van der Waals surface area contributed by atoms with E-state index in [0.29, 0.717) is 360 Å². The SMILES string of the molecule is C=CCCCCCCCCCC(CCCCCCCCCCC(=O)O)(C(=O)O)C(=O)NCCOCCOCCOCCOCCOCCOCCOCCOCCOCCOCCOCCOCCOCCOCCOCCOCCOCCOCCOCCOCCOCCOCCOCCn1nnc2c1CC[C@H]1[C@@H](CC2)[C@H]1COC(=O)NC. The van der Waals surface area contributed by atoms with Crippen LogP contribution in [0.15, 0.2) is 12.7 Å². The second-order valence-corrected chi connectivity index (χ2v) is 28.9. The third-order valence-corrected chi connectivity index (χ3v) is 19.7. The van der Waals surface area contributed by atoms with Crippen LogP contribution in [-0.2, 0) is 147 Å². The molecule has 4 N–H and O–H groups in total. The number of aryl methyl sites for hydroxylation is 1. The minimum atomic E-state index is -1.47. The Kier molecular flexibility index (Phi) is 77.0. The molecular formula is C85H157N5O30. The predicted molar refractivity (Wildman–Crippen MR) is 445 cm³/mol. The van der Waals surface area contributed by atoms with Crippen LogP contribution in [0.25, 0.3) is 0 Å². The molecule has 1 aromatic rings.